The average Bonchev–Trinajstić information content (AvgIpc) is 2.85. The number of carbonyl (C=O) groups excluding carboxylic acids is 2. The molecule has 4 aliphatic carbocycles. The molecule has 2 saturated carbocycles. The van der Waals surface area contributed by atoms with Crippen LogP contribution in [0.4, 0.5) is 0 Å². The zero-order valence-electron chi connectivity index (χ0n) is 15.7. The molecule has 0 aliphatic heterocycles. The Morgan fingerprint density at radius 1 is 1.32 bits per heavy atom. The van der Waals surface area contributed by atoms with E-state index in [1.165, 1.54) is 5.57 Å². The van der Waals surface area contributed by atoms with Gasteiger partial charge >= 0.3 is 0 Å². The molecule has 0 aromatic rings. The van der Waals surface area contributed by atoms with Crippen LogP contribution in [0.15, 0.2) is 23.3 Å². The van der Waals surface area contributed by atoms with Crippen LogP contribution in [-0.4, -0.2) is 23.3 Å². The lowest BCUT2D eigenvalue weighted by Gasteiger charge is -2.52. The number of aliphatic hydroxyl groups excluding tert-OH is 1. The summed E-state index contributed by atoms with van der Waals surface area (Å²) >= 11 is 0. The number of carbonyl (C=O) groups is 2. The predicted octanol–water partition coefficient (Wildman–Crippen LogP) is 3.86. The molecule has 136 valence electrons. The van der Waals surface area contributed by atoms with Crippen molar-refractivity contribution in [3.63, 3.8) is 0 Å². The van der Waals surface area contributed by atoms with E-state index < -0.39 is 0 Å². The second kappa shape index (κ2) is 5.64. The molecule has 3 nitrogen and oxygen atoms in total. The normalized spacial score (nSPS) is 45.8. The molecule has 4 aliphatic rings. The quantitative estimate of drug-likeness (QED) is 0.775. The van der Waals surface area contributed by atoms with E-state index in [0.717, 1.165) is 25.7 Å². The van der Waals surface area contributed by atoms with Crippen LogP contribution < -0.4 is 0 Å². The molecular formula is C22H30O3. The van der Waals surface area contributed by atoms with E-state index >= 15 is 0 Å². The molecule has 0 bridgehead atoms. The van der Waals surface area contributed by atoms with E-state index in [4.69, 9.17) is 0 Å². The van der Waals surface area contributed by atoms with Crippen LogP contribution >= 0.6 is 0 Å². The van der Waals surface area contributed by atoms with Crippen LogP contribution in [0, 0.1) is 34.5 Å². The van der Waals surface area contributed by atoms with E-state index in [1.54, 1.807) is 5.57 Å². The molecule has 2 unspecified atom stereocenters. The van der Waals surface area contributed by atoms with Crippen molar-refractivity contribution >= 4 is 11.6 Å². The summed E-state index contributed by atoms with van der Waals surface area (Å²) in [4.78, 5) is 24.4. The minimum Gasteiger partial charge on any atom is -0.389 e. The highest BCUT2D eigenvalue weighted by Gasteiger charge is 2.59. The van der Waals surface area contributed by atoms with Crippen molar-refractivity contribution in [2.75, 3.05) is 6.61 Å². The molecule has 0 spiro atoms. The fourth-order valence-corrected chi connectivity index (χ4v) is 6.94. The number of hydrogen-bond donors (Lipinski definition) is 1. The smallest absolute Gasteiger partial charge is 0.162 e. The number of ketones is 2. The van der Waals surface area contributed by atoms with Gasteiger partial charge in [0.25, 0.3) is 0 Å². The van der Waals surface area contributed by atoms with Gasteiger partial charge in [0.1, 0.15) is 12.4 Å². The molecule has 2 fully saturated rings. The highest BCUT2D eigenvalue weighted by molar-refractivity contribution is 5.84. The molecule has 25 heavy (non-hydrogen) atoms. The van der Waals surface area contributed by atoms with Gasteiger partial charge in [0.05, 0.1) is 0 Å². The summed E-state index contributed by atoms with van der Waals surface area (Å²) in [7, 11) is 0. The summed E-state index contributed by atoms with van der Waals surface area (Å²) in [6.45, 7) is 6.47. The minimum absolute atomic E-state index is 0.0218. The maximum absolute atomic E-state index is 12.5. The van der Waals surface area contributed by atoms with Crippen molar-refractivity contribution in [1.29, 1.82) is 0 Å². The molecule has 0 aromatic heterocycles. The van der Waals surface area contributed by atoms with Crippen molar-refractivity contribution in [2.24, 2.45) is 34.5 Å². The summed E-state index contributed by atoms with van der Waals surface area (Å²) in [5, 5.41) is 9.46. The summed E-state index contributed by atoms with van der Waals surface area (Å²) < 4.78 is 0. The average molecular weight is 342 g/mol. The summed E-state index contributed by atoms with van der Waals surface area (Å²) in [6.07, 6.45) is 10.0. The van der Waals surface area contributed by atoms with Crippen LogP contribution in [0.5, 0.6) is 0 Å². The van der Waals surface area contributed by atoms with Gasteiger partial charge in [0.15, 0.2) is 5.78 Å². The van der Waals surface area contributed by atoms with Gasteiger partial charge in [-0.1, -0.05) is 44.1 Å². The van der Waals surface area contributed by atoms with Crippen molar-refractivity contribution < 1.29 is 14.7 Å². The number of Topliss-reactive ketones (excluding diaryl/α,β-unsaturated/α-hetero) is 2. The molecule has 1 N–H and O–H groups in total. The summed E-state index contributed by atoms with van der Waals surface area (Å²) in [6, 6.07) is 0. The lowest BCUT2D eigenvalue weighted by molar-refractivity contribution is -0.131. The van der Waals surface area contributed by atoms with E-state index in [0.29, 0.717) is 36.4 Å². The van der Waals surface area contributed by atoms with Crippen LogP contribution in [0.1, 0.15) is 59.3 Å². The fourth-order valence-electron chi connectivity index (χ4n) is 6.94. The van der Waals surface area contributed by atoms with Gasteiger partial charge < -0.3 is 5.11 Å². The second-order valence-electron chi connectivity index (χ2n) is 9.41. The lowest BCUT2D eigenvalue weighted by atomic mass is 9.51. The van der Waals surface area contributed by atoms with E-state index in [1.807, 2.05) is 0 Å². The van der Waals surface area contributed by atoms with E-state index in [-0.39, 0.29) is 29.1 Å². The zero-order valence-corrected chi connectivity index (χ0v) is 15.7. The third-order valence-electron chi connectivity index (χ3n) is 8.16. The summed E-state index contributed by atoms with van der Waals surface area (Å²) in [5.74, 6) is 1.73. The monoisotopic (exact) mass is 342 g/mol. The Labute approximate surface area is 150 Å². The first-order valence-corrected chi connectivity index (χ1v) is 9.86. The third-order valence-corrected chi connectivity index (χ3v) is 8.16. The Morgan fingerprint density at radius 2 is 2.08 bits per heavy atom. The van der Waals surface area contributed by atoms with Gasteiger partial charge in [-0.25, -0.2) is 0 Å². The number of rotatable bonds is 2. The molecule has 0 saturated heterocycles. The first-order valence-electron chi connectivity index (χ1n) is 9.86. The minimum atomic E-state index is -0.331. The van der Waals surface area contributed by atoms with E-state index in [2.05, 4.69) is 32.9 Å². The topological polar surface area (TPSA) is 54.4 Å². The van der Waals surface area contributed by atoms with Gasteiger partial charge in [0, 0.05) is 24.2 Å². The summed E-state index contributed by atoms with van der Waals surface area (Å²) in [5.41, 5.74) is 2.91. The number of allylic oxidation sites excluding steroid dienone is 4. The van der Waals surface area contributed by atoms with Crippen LogP contribution in [0.2, 0.25) is 0 Å². The van der Waals surface area contributed by atoms with Crippen molar-refractivity contribution in [1.82, 2.24) is 0 Å². The molecule has 0 radical (unpaired) electrons. The van der Waals surface area contributed by atoms with Crippen molar-refractivity contribution in [3.8, 4) is 0 Å². The Balaban J connectivity index is 1.73. The lowest BCUT2D eigenvalue weighted by Crippen LogP contribution is -2.45. The van der Waals surface area contributed by atoms with Crippen molar-refractivity contribution in [2.45, 2.75) is 59.3 Å². The molecule has 0 heterocycles. The molecule has 0 amide bonds. The SMILES string of the molecule is C[C@H]1CC2C3CC=C4CC(=O)CC[C@]4(C)C3=CC[C@]2(C)[C@H]1C(=O)CO. The predicted molar refractivity (Wildman–Crippen MR) is 96.8 cm³/mol. The highest BCUT2D eigenvalue weighted by atomic mass is 16.3. The zero-order chi connectivity index (χ0) is 18.0. The van der Waals surface area contributed by atoms with Gasteiger partial charge in [-0.3, -0.25) is 9.59 Å². The maximum Gasteiger partial charge on any atom is 0.162 e. The number of fused-ring (bicyclic) bond motifs is 5. The van der Waals surface area contributed by atoms with Gasteiger partial charge in [0.2, 0.25) is 0 Å². The third kappa shape index (κ3) is 2.27. The van der Waals surface area contributed by atoms with Gasteiger partial charge in [-0.05, 0) is 48.9 Å². The molecule has 4 rings (SSSR count). The standard InChI is InChI=1S/C22H30O3/c1-13-10-18-16-5-4-14-11-15(24)6-8-21(14,2)17(16)7-9-22(18,3)20(13)19(25)12-23/h4,7,13,16,18,20,23H,5-6,8-12H2,1-3H3/t13-,16?,18?,20+,21-,22-/m0/s1. The highest BCUT2D eigenvalue weighted by Crippen LogP contribution is 2.65. The molecular weight excluding hydrogens is 312 g/mol. The maximum atomic E-state index is 12.5. The first kappa shape index (κ1) is 17.2. The Morgan fingerprint density at radius 3 is 2.80 bits per heavy atom. The van der Waals surface area contributed by atoms with Crippen LogP contribution in [0.3, 0.4) is 0 Å². The van der Waals surface area contributed by atoms with Crippen molar-refractivity contribution in [3.05, 3.63) is 23.3 Å². The number of aliphatic hydroxyl groups is 1. The van der Waals surface area contributed by atoms with Gasteiger partial charge in [-0.2, -0.15) is 0 Å². The largest absolute Gasteiger partial charge is 0.389 e. The molecule has 0 aromatic carbocycles. The Kier molecular flexibility index (Phi) is 3.88. The van der Waals surface area contributed by atoms with Crippen LogP contribution in [-0.2, 0) is 9.59 Å². The number of hydrogen-bond acceptors (Lipinski definition) is 3. The molecule has 3 heteroatoms. The van der Waals surface area contributed by atoms with Gasteiger partial charge in [-0.15, -0.1) is 0 Å². The second-order valence-corrected chi connectivity index (χ2v) is 9.41. The Bertz CT molecular complexity index is 687. The van der Waals surface area contributed by atoms with Crippen LogP contribution in [0.25, 0.3) is 0 Å². The first-order chi connectivity index (χ1) is 11.8. The van der Waals surface area contributed by atoms with E-state index in [9.17, 15) is 14.7 Å². The Hall–Kier alpha value is -1.22. The fraction of sp³-hybridized carbons (Fsp3) is 0.727. The molecule has 6 atom stereocenters.